The van der Waals surface area contributed by atoms with Crippen molar-refractivity contribution in [2.24, 2.45) is 0 Å². The van der Waals surface area contributed by atoms with Crippen LogP contribution < -0.4 is 10.2 Å². The van der Waals surface area contributed by atoms with Gasteiger partial charge in [-0.25, -0.2) is 0 Å². The van der Waals surface area contributed by atoms with Gasteiger partial charge in [0.1, 0.15) is 0 Å². The SMILES string of the molecule is Cc1cc(NCc2ccccc2N2CCCC2)ccc1Br. The topological polar surface area (TPSA) is 15.3 Å². The van der Waals surface area contributed by atoms with Crippen LogP contribution >= 0.6 is 15.9 Å². The first-order chi connectivity index (χ1) is 10.2. The molecule has 0 atom stereocenters. The molecule has 2 aromatic carbocycles. The summed E-state index contributed by atoms with van der Waals surface area (Å²) in [5.41, 5.74) is 5.19. The summed E-state index contributed by atoms with van der Waals surface area (Å²) >= 11 is 3.55. The third-order valence-corrected chi connectivity index (χ3v) is 4.97. The van der Waals surface area contributed by atoms with E-state index in [0.29, 0.717) is 0 Å². The van der Waals surface area contributed by atoms with Crippen molar-refractivity contribution in [2.75, 3.05) is 23.3 Å². The molecule has 2 nitrogen and oxygen atoms in total. The zero-order valence-electron chi connectivity index (χ0n) is 12.4. The summed E-state index contributed by atoms with van der Waals surface area (Å²) in [5, 5.41) is 3.55. The van der Waals surface area contributed by atoms with Crippen LogP contribution in [0.25, 0.3) is 0 Å². The van der Waals surface area contributed by atoms with E-state index in [4.69, 9.17) is 0 Å². The van der Waals surface area contributed by atoms with Crippen LogP contribution in [0.5, 0.6) is 0 Å². The third-order valence-electron chi connectivity index (χ3n) is 4.08. The molecule has 1 heterocycles. The molecule has 0 aliphatic carbocycles. The highest BCUT2D eigenvalue weighted by Gasteiger charge is 2.14. The van der Waals surface area contributed by atoms with Gasteiger partial charge in [-0.3, -0.25) is 0 Å². The summed E-state index contributed by atoms with van der Waals surface area (Å²) in [6.07, 6.45) is 2.63. The molecule has 0 amide bonds. The number of para-hydroxylation sites is 1. The van der Waals surface area contributed by atoms with Crippen LogP contribution in [0.1, 0.15) is 24.0 Å². The molecule has 0 saturated carbocycles. The van der Waals surface area contributed by atoms with Crippen molar-refractivity contribution in [1.29, 1.82) is 0 Å². The first kappa shape index (κ1) is 14.5. The Morgan fingerprint density at radius 3 is 2.62 bits per heavy atom. The summed E-state index contributed by atoms with van der Waals surface area (Å²) in [6.45, 7) is 5.37. The minimum atomic E-state index is 0.869. The van der Waals surface area contributed by atoms with Gasteiger partial charge in [0, 0.05) is 35.5 Å². The van der Waals surface area contributed by atoms with Crippen molar-refractivity contribution in [3.63, 3.8) is 0 Å². The highest BCUT2D eigenvalue weighted by atomic mass is 79.9. The molecule has 1 aliphatic rings. The molecule has 1 saturated heterocycles. The third kappa shape index (κ3) is 3.41. The second kappa shape index (κ2) is 6.52. The standard InChI is InChI=1S/C18H21BrN2/c1-14-12-16(8-9-17(14)19)20-13-15-6-2-3-7-18(15)21-10-4-5-11-21/h2-3,6-9,12,20H,4-5,10-11,13H2,1H3. The monoisotopic (exact) mass is 344 g/mol. The van der Waals surface area contributed by atoms with Gasteiger partial charge in [-0.05, 0) is 55.2 Å². The molecule has 1 N–H and O–H groups in total. The minimum absolute atomic E-state index is 0.869. The Labute approximate surface area is 135 Å². The van der Waals surface area contributed by atoms with Crippen LogP contribution in [-0.4, -0.2) is 13.1 Å². The van der Waals surface area contributed by atoms with Gasteiger partial charge in [-0.15, -0.1) is 0 Å². The van der Waals surface area contributed by atoms with E-state index in [1.807, 2.05) is 0 Å². The summed E-state index contributed by atoms with van der Waals surface area (Å²) in [7, 11) is 0. The van der Waals surface area contributed by atoms with Crippen LogP contribution in [0, 0.1) is 6.92 Å². The van der Waals surface area contributed by atoms with Gasteiger partial charge in [0.15, 0.2) is 0 Å². The van der Waals surface area contributed by atoms with Gasteiger partial charge >= 0.3 is 0 Å². The number of rotatable bonds is 4. The summed E-state index contributed by atoms with van der Waals surface area (Å²) in [5.74, 6) is 0. The number of hydrogen-bond acceptors (Lipinski definition) is 2. The number of halogens is 1. The lowest BCUT2D eigenvalue weighted by Gasteiger charge is -2.21. The average Bonchev–Trinajstić information content (AvgIpc) is 3.03. The fourth-order valence-corrected chi connectivity index (χ4v) is 3.13. The summed E-state index contributed by atoms with van der Waals surface area (Å²) in [6, 6.07) is 15.1. The van der Waals surface area contributed by atoms with E-state index < -0.39 is 0 Å². The first-order valence-electron chi connectivity index (χ1n) is 7.57. The molecular formula is C18H21BrN2. The molecular weight excluding hydrogens is 324 g/mol. The zero-order chi connectivity index (χ0) is 14.7. The van der Waals surface area contributed by atoms with Gasteiger partial charge in [0.05, 0.1) is 0 Å². The van der Waals surface area contributed by atoms with E-state index in [2.05, 4.69) is 75.5 Å². The Bertz CT molecular complexity index is 618. The number of anilines is 2. The smallest absolute Gasteiger partial charge is 0.0421 e. The van der Waals surface area contributed by atoms with E-state index in [0.717, 1.165) is 11.0 Å². The molecule has 110 valence electrons. The van der Waals surface area contributed by atoms with E-state index in [1.165, 1.54) is 48.4 Å². The van der Waals surface area contributed by atoms with Gasteiger partial charge in [0.25, 0.3) is 0 Å². The van der Waals surface area contributed by atoms with Crippen LogP contribution in [0.3, 0.4) is 0 Å². The molecule has 3 rings (SSSR count). The quantitative estimate of drug-likeness (QED) is 0.842. The number of hydrogen-bond donors (Lipinski definition) is 1. The number of nitrogens with zero attached hydrogens (tertiary/aromatic N) is 1. The molecule has 21 heavy (non-hydrogen) atoms. The Balaban J connectivity index is 1.74. The summed E-state index contributed by atoms with van der Waals surface area (Å²) < 4.78 is 1.16. The molecule has 1 aliphatic heterocycles. The molecule has 1 fully saturated rings. The number of aryl methyl sites for hydroxylation is 1. The van der Waals surface area contributed by atoms with Gasteiger partial charge in [-0.2, -0.15) is 0 Å². The van der Waals surface area contributed by atoms with Crippen molar-refractivity contribution >= 4 is 27.3 Å². The maximum Gasteiger partial charge on any atom is 0.0421 e. The molecule has 3 heteroatoms. The van der Waals surface area contributed by atoms with Crippen LogP contribution in [-0.2, 0) is 6.54 Å². The van der Waals surface area contributed by atoms with Crippen molar-refractivity contribution in [3.8, 4) is 0 Å². The fraction of sp³-hybridized carbons (Fsp3) is 0.333. The van der Waals surface area contributed by atoms with Gasteiger partial charge in [0.2, 0.25) is 0 Å². The average molecular weight is 345 g/mol. The van der Waals surface area contributed by atoms with E-state index >= 15 is 0 Å². The predicted molar refractivity (Wildman–Crippen MR) is 94.1 cm³/mol. The normalized spacial score (nSPS) is 14.5. The Morgan fingerprint density at radius 1 is 1.10 bits per heavy atom. The Hall–Kier alpha value is -1.48. The lowest BCUT2D eigenvalue weighted by atomic mass is 10.1. The Morgan fingerprint density at radius 2 is 1.86 bits per heavy atom. The first-order valence-corrected chi connectivity index (χ1v) is 8.36. The van der Waals surface area contributed by atoms with Gasteiger partial charge in [-0.1, -0.05) is 34.1 Å². The van der Waals surface area contributed by atoms with Crippen molar-refractivity contribution in [2.45, 2.75) is 26.3 Å². The van der Waals surface area contributed by atoms with Gasteiger partial charge < -0.3 is 10.2 Å². The van der Waals surface area contributed by atoms with Crippen LogP contribution in [0.4, 0.5) is 11.4 Å². The molecule has 0 radical (unpaired) electrons. The Kier molecular flexibility index (Phi) is 4.49. The second-order valence-electron chi connectivity index (χ2n) is 5.64. The number of nitrogens with one attached hydrogen (secondary N) is 1. The summed E-state index contributed by atoms with van der Waals surface area (Å²) in [4.78, 5) is 2.50. The van der Waals surface area contributed by atoms with Crippen LogP contribution in [0.2, 0.25) is 0 Å². The lowest BCUT2D eigenvalue weighted by molar-refractivity contribution is 0.949. The van der Waals surface area contributed by atoms with E-state index in [-0.39, 0.29) is 0 Å². The predicted octanol–water partition coefficient (Wildman–Crippen LogP) is 4.97. The highest BCUT2D eigenvalue weighted by molar-refractivity contribution is 9.10. The van der Waals surface area contributed by atoms with E-state index in [9.17, 15) is 0 Å². The highest BCUT2D eigenvalue weighted by Crippen LogP contribution is 2.26. The zero-order valence-corrected chi connectivity index (χ0v) is 14.0. The molecule has 0 unspecified atom stereocenters. The van der Waals surface area contributed by atoms with Crippen molar-refractivity contribution in [3.05, 3.63) is 58.1 Å². The lowest BCUT2D eigenvalue weighted by Crippen LogP contribution is -2.19. The fourth-order valence-electron chi connectivity index (χ4n) is 2.88. The van der Waals surface area contributed by atoms with Crippen molar-refractivity contribution < 1.29 is 0 Å². The second-order valence-corrected chi connectivity index (χ2v) is 6.49. The minimum Gasteiger partial charge on any atom is -0.381 e. The number of benzene rings is 2. The molecule has 2 aromatic rings. The maximum absolute atomic E-state index is 3.55. The van der Waals surface area contributed by atoms with E-state index in [1.54, 1.807) is 0 Å². The molecule has 0 aromatic heterocycles. The largest absolute Gasteiger partial charge is 0.381 e. The molecule has 0 spiro atoms. The van der Waals surface area contributed by atoms with Crippen molar-refractivity contribution in [1.82, 2.24) is 0 Å². The van der Waals surface area contributed by atoms with Crippen LogP contribution in [0.15, 0.2) is 46.9 Å². The molecule has 0 bridgehead atoms. The maximum atomic E-state index is 3.55.